The second-order valence-corrected chi connectivity index (χ2v) is 2.76. The summed E-state index contributed by atoms with van der Waals surface area (Å²) in [6, 6.07) is 0. The topological polar surface area (TPSA) is 55.5 Å². The highest BCUT2D eigenvalue weighted by Gasteiger charge is 2.10. The normalized spacial score (nSPS) is 15.7. The van der Waals surface area contributed by atoms with E-state index in [2.05, 4.69) is 0 Å². The fourth-order valence-corrected chi connectivity index (χ4v) is 0.335. The highest BCUT2D eigenvalue weighted by Crippen LogP contribution is 1.99. The van der Waals surface area contributed by atoms with Crippen LogP contribution in [-0.2, 0) is 4.74 Å². The lowest BCUT2D eigenvalue weighted by Crippen LogP contribution is -2.37. The first kappa shape index (κ1) is 8.88. The number of aliphatic hydroxyl groups is 1. The smallest absolute Gasteiger partial charge is 0.111 e. The van der Waals surface area contributed by atoms with Crippen LogP contribution in [0.4, 0.5) is 0 Å². The molecule has 1 unspecified atom stereocenters. The van der Waals surface area contributed by atoms with Crippen molar-refractivity contribution in [1.82, 2.24) is 0 Å². The predicted molar refractivity (Wildman–Crippen MR) is 35.9 cm³/mol. The van der Waals surface area contributed by atoms with E-state index in [1.807, 2.05) is 0 Å². The van der Waals surface area contributed by atoms with Gasteiger partial charge in [-0.1, -0.05) is 0 Å². The third kappa shape index (κ3) is 7.88. The summed E-state index contributed by atoms with van der Waals surface area (Å²) in [6.07, 6.45) is -0.437. The van der Waals surface area contributed by atoms with Crippen LogP contribution in [0, 0.1) is 0 Å². The van der Waals surface area contributed by atoms with Gasteiger partial charge in [0.2, 0.25) is 0 Å². The van der Waals surface area contributed by atoms with Crippen LogP contribution < -0.4 is 5.73 Å². The molecule has 0 aliphatic heterocycles. The predicted octanol–water partition coefficient (Wildman–Crippen LogP) is 0.0786. The van der Waals surface area contributed by atoms with E-state index < -0.39 is 11.8 Å². The molecule has 0 aromatic rings. The van der Waals surface area contributed by atoms with E-state index in [1.165, 1.54) is 0 Å². The average molecular weight is 133 g/mol. The van der Waals surface area contributed by atoms with E-state index in [1.54, 1.807) is 20.8 Å². The standard InChI is InChI=1S/C6H15NO2/c1-5(8)4-9-6(2,3)7/h5,8H,4,7H2,1-3H3. The zero-order chi connectivity index (χ0) is 7.49. The molecule has 0 fully saturated rings. The van der Waals surface area contributed by atoms with Crippen LogP contribution in [0.1, 0.15) is 20.8 Å². The highest BCUT2D eigenvalue weighted by molar-refractivity contribution is 4.57. The molecular formula is C6H15NO2. The number of hydrogen-bond donors (Lipinski definition) is 2. The Labute approximate surface area is 55.8 Å². The maximum Gasteiger partial charge on any atom is 0.111 e. The molecule has 0 amide bonds. The van der Waals surface area contributed by atoms with Crippen molar-refractivity contribution in [2.24, 2.45) is 5.73 Å². The first-order valence-electron chi connectivity index (χ1n) is 3.03. The Kier molecular flexibility index (Phi) is 3.11. The molecule has 0 aliphatic carbocycles. The second kappa shape index (κ2) is 3.15. The zero-order valence-corrected chi connectivity index (χ0v) is 6.22. The number of rotatable bonds is 3. The largest absolute Gasteiger partial charge is 0.391 e. The van der Waals surface area contributed by atoms with E-state index >= 15 is 0 Å². The minimum atomic E-state index is -0.628. The number of ether oxygens (including phenoxy) is 1. The molecule has 0 aliphatic rings. The summed E-state index contributed by atoms with van der Waals surface area (Å²) in [4.78, 5) is 0. The third-order valence-corrected chi connectivity index (χ3v) is 0.697. The molecule has 3 nitrogen and oxygen atoms in total. The van der Waals surface area contributed by atoms with Crippen molar-refractivity contribution in [1.29, 1.82) is 0 Å². The van der Waals surface area contributed by atoms with Crippen molar-refractivity contribution in [3.05, 3.63) is 0 Å². The third-order valence-electron chi connectivity index (χ3n) is 0.697. The van der Waals surface area contributed by atoms with Crippen molar-refractivity contribution < 1.29 is 9.84 Å². The summed E-state index contributed by atoms with van der Waals surface area (Å²) in [5, 5.41) is 8.74. The van der Waals surface area contributed by atoms with Gasteiger partial charge in [-0.3, -0.25) is 0 Å². The molecule has 0 radical (unpaired) electrons. The van der Waals surface area contributed by atoms with Crippen molar-refractivity contribution in [3.63, 3.8) is 0 Å². The molecule has 3 heteroatoms. The fourth-order valence-electron chi connectivity index (χ4n) is 0.335. The van der Waals surface area contributed by atoms with Gasteiger partial charge in [0.1, 0.15) is 5.72 Å². The summed E-state index contributed by atoms with van der Waals surface area (Å²) in [6.45, 7) is 5.44. The molecule has 0 heterocycles. The van der Waals surface area contributed by atoms with E-state index in [-0.39, 0.29) is 0 Å². The van der Waals surface area contributed by atoms with Gasteiger partial charge in [0, 0.05) is 0 Å². The Morgan fingerprint density at radius 1 is 1.67 bits per heavy atom. The van der Waals surface area contributed by atoms with E-state index in [4.69, 9.17) is 15.6 Å². The average Bonchev–Trinajstić information content (AvgIpc) is 1.59. The van der Waals surface area contributed by atoms with Crippen LogP contribution in [0.5, 0.6) is 0 Å². The molecule has 0 saturated heterocycles. The SMILES string of the molecule is CC(O)COC(C)(C)N. The molecule has 0 aromatic heterocycles. The van der Waals surface area contributed by atoms with Crippen LogP contribution in [0.3, 0.4) is 0 Å². The fraction of sp³-hybridized carbons (Fsp3) is 1.00. The Morgan fingerprint density at radius 2 is 2.11 bits per heavy atom. The Morgan fingerprint density at radius 3 is 2.22 bits per heavy atom. The van der Waals surface area contributed by atoms with Gasteiger partial charge in [0.25, 0.3) is 0 Å². The highest BCUT2D eigenvalue weighted by atomic mass is 16.5. The van der Waals surface area contributed by atoms with E-state index in [0.717, 1.165) is 0 Å². The maximum atomic E-state index is 8.74. The molecule has 1 atom stereocenters. The lowest BCUT2D eigenvalue weighted by atomic mass is 10.3. The van der Waals surface area contributed by atoms with Crippen LogP contribution in [0.25, 0.3) is 0 Å². The van der Waals surface area contributed by atoms with Gasteiger partial charge in [0.05, 0.1) is 12.7 Å². The van der Waals surface area contributed by atoms with Gasteiger partial charge in [0.15, 0.2) is 0 Å². The van der Waals surface area contributed by atoms with Crippen LogP contribution in [0.2, 0.25) is 0 Å². The summed E-state index contributed by atoms with van der Waals surface area (Å²) < 4.78 is 5.02. The van der Waals surface area contributed by atoms with Gasteiger partial charge in [-0.25, -0.2) is 0 Å². The van der Waals surface area contributed by atoms with Crippen molar-refractivity contribution in [2.75, 3.05) is 6.61 Å². The van der Waals surface area contributed by atoms with Gasteiger partial charge in [-0.2, -0.15) is 0 Å². The molecule has 56 valence electrons. The van der Waals surface area contributed by atoms with Crippen LogP contribution in [-0.4, -0.2) is 23.5 Å². The summed E-state index contributed by atoms with van der Waals surface area (Å²) in [7, 11) is 0. The molecule has 0 saturated carbocycles. The molecule has 0 spiro atoms. The molecule has 0 aromatic carbocycles. The Hall–Kier alpha value is -0.120. The molecule has 0 rings (SSSR count). The second-order valence-electron chi connectivity index (χ2n) is 2.76. The monoisotopic (exact) mass is 133 g/mol. The van der Waals surface area contributed by atoms with Gasteiger partial charge >= 0.3 is 0 Å². The lowest BCUT2D eigenvalue weighted by molar-refractivity contribution is -0.0509. The first-order chi connectivity index (χ1) is 3.92. The van der Waals surface area contributed by atoms with Crippen molar-refractivity contribution in [3.8, 4) is 0 Å². The van der Waals surface area contributed by atoms with Gasteiger partial charge in [-0.05, 0) is 20.8 Å². The molecule has 0 bridgehead atoms. The van der Waals surface area contributed by atoms with E-state index in [9.17, 15) is 0 Å². The van der Waals surface area contributed by atoms with Gasteiger partial charge in [-0.15, -0.1) is 0 Å². The minimum Gasteiger partial charge on any atom is -0.391 e. The van der Waals surface area contributed by atoms with Crippen LogP contribution in [0.15, 0.2) is 0 Å². The van der Waals surface area contributed by atoms with E-state index in [0.29, 0.717) is 6.61 Å². The summed E-state index contributed by atoms with van der Waals surface area (Å²) in [5.41, 5.74) is 4.82. The van der Waals surface area contributed by atoms with Crippen molar-refractivity contribution in [2.45, 2.75) is 32.6 Å². The molecule has 9 heavy (non-hydrogen) atoms. The Bertz CT molecular complexity index is 75.6. The van der Waals surface area contributed by atoms with Crippen molar-refractivity contribution >= 4 is 0 Å². The van der Waals surface area contributed by atoms with Crippen LogP contribution >= 0.6 is 0 Å². The summed E-state index contributed by atoms with van der Waals surface area (Å²) >= 11 is 0. The lowest BCUT2D eigenvalue weighted by Gasteiger charge is -2.20. The quantitative estimate of drug-likeness (QED) is 0.536. The first-order valence-corrected chi connectivity index (χ1v) is 3.03. The van der Waals surface area contributed by atoms with Gasteiger partial charge < -0.3 is 15.6 Å². The minimum absolute atomic E-state index is 0.295. The summed E-state index contributed by atoms with van der Waals surface area (Å²) in [5.74, 6) is 0. The number of nitrogens with two attached hydrogens (primary N) is 1. The molecule has 3 N–H and O–H groups in total. The Balaban J connectivity index is 3.28. The number of aliphatic hydroxyl groups excluding tert-OH is 1. The number of hydrogen-bond acceptors (Lipinski definition) is 3. The zero-order valence-electron chi connectivity index (χ0n) is 6.22. The molecular weight excluding hydrogens is 118 g/mol. The maximum absolute atomic E-state index is 8.74.